The third kappa shape index (κ3) is 5.55. The standard InChI is InChI=1S/C19H20N2O5/c1-24-15-8-4-3-7-14(15)11-12-18(22)20-21-19(23)13-26-17-10-6-5-9-16(17)25-2/h3-12H,13H2,1-2H3,(H,20,22)(H,21,23)/b12-11+. The molecule has 2 rings (SSSR count). The zero-order chi connectivity index (χ0) is 18.8. The highest BCUT2D eigenvalue weighted by atomic mass is 16.5. The van der Waals surface area contributed by atoms with Gasteiger partial charge in [0.15, 0.2) is 18.1 Å². The second-order valence-electron chi connectivity index (χ2n) is 5.05. The van der Waals surface area contributed by atoms with Crippen molar-refractivity contribution in [2.75, 3.05) is 20.8 Å². The molecule has 0 saturated carbocycles. The second-order valence-corrected chi connectivity index (χ2v) is 5.05. The summed E-state index contributed by atoms with van der Waals surface area (Å²) < 4.78 is 15.7. The summed E-state index contributed by atoms with van der Waals surface area (Å²) in [5.74, 6) is 0.610. The van der Waals surface area contributed by atoms with Crippen molar-refractivity contribution in [1.29, 1.82) is 0 Å². The third-order valence-electron chi connectivity index (χ3n) is 3.31. The minimum Gasteiger partial charge on any atom is -0.496 e. The first-order valence-corrected chi connectivity index (χ1v) is 7.79. The summed E-state index contributed by atoms with van der Waals surface area (Å²) in [6, 6.07) is 14.2. The van der Waals surface area contributed by atoms with Gasteiger partial charge in [-0.3, -0.25) is 20.4 Å². The topological polar surface area (TPSA) is 85.9 Å². The Balaban J connectivity index is 1.79. The summed E-state index contributed by atoms with van der Waals surface area (Å²) in [5, 5.41) is 0. The molecule has 0 aliphatic rings. The number of amides is 2. The van der Waals surface area contributed by atoms with Gasteiger partial charge in [0.05, 0.1) is 14.2 Å². The summed E-state index contributed by atoms with van der Waals surface area (Å²) >= 11 is 0. The minimum atomic E-state index is -0.505. The summed E-state index contributed by atoms with van der Waals surface area (Å²) in [5.41, 5.74) is 5.29. The van der Waals surface area contributed by atoms with Crippen molar-refractivity contribution in [2.24, 2.45) is 0 Å². The highest BCUT2D eigenvalue weighted by Crippen LogP contribution is 2.25. The minimum absolute atomic E-state index is 0.267. The van der Waals surface area contributed by atoms with E-state index >= 15 is 0 Å². The first-order valence-electron chi connectivity index (χ1n) is 7.79. The summed E-state index contributed by atoms with van der Waals surface area (Å²) in [6.07, 6.45) is 2.88. The average Bonchev–Trinajstić information content (AvgIpc) is 2.69. The van der Waals surface area contributed by atoms with Crippen LogP contribution in [-0.4, -0.2) is 32.6 Å². The van der Waals surface area contributed by atoms with Crippen LogP contribution in [0.2, 0.25) is 0 Å². The Hall–Kier alpha value is -3.48. The van der Waals surface area contributed by atoms with Crippen LogP contribution in [0.3, 0.4) is 0 Å². The van der Waals surface area contributed by atoms with Gasteiger partial charge in [-0.25, -0.2) is 0 Å². The molecule has 2 amide bonds. The molecule has 0 aliphatic heterocycles. The normalized spacial score (nSPS) is 10.2. The predicted molar refractivity (Wildman–Crippen MR) is 96.8 cm³/mol. The summed E-state index contributed by atoms with van der Waals surface area (Å²) in [6.45, 7) is -0.267. The number of methoxy groups -OCH3 is 2. The van der Waals surface area contributed by atoms with Crippen molar-refractivity contribution in [3.63, 3.8) is 0 Å². The predicted octanol–water partition coefficient (Wildman–Crippen LogP) is 1.94. The van der Waals surface area contributed by atoms with Gasteiger partial charge in [-0.05, 0) is 24.3 Å². The van der Waals surface area contributed by atoms with E-state index in [1.165, 1.54) is 13.2 Å². The van der Waals surface area contributed by atoms with Crippen LogP contribution in [0.4, 0.5) is 0 Å². The molecule has 0 heterocycles. The van der Waals surface area contributed by atoms with Crippen LogP contribution in [0.1, 0.15) is 5.56 Å². The number of carbonyl (C=O) groups is 2. The van der Waals surface area contributed by atoms with Gasteiger partial charge in [0, 0.05) is 11.6 Å². The Bertz CT molecular complexity index is 789. The third-order valence-corrected chi connectivity index (χ3v) is 3.31. The molecule has 7 nitrogen and oxygen atoms in total. The highest BCUT2D eigenvalue weighted by Gasteiger charge is 2.07. The van der Waals surface area contributed by atoms with Crippen molar-refractivity contribution >= 4 is 17.9 Å². The van der Waals surface area contributed by atoms with Crippen LogP contribution < -0.4 is 25.1 Å². The summed E-state index contributed by atoms with van der Waals surface area (Å²) in [7, 11) is 3.06. The van der Waals surface area contributed by atoms with E-state index < -0.39 is 11.8 Å². The van der Waals surface area contributed by atoms with Gasteiger partial charge in [0.25, 0.3) is 11.8 Å². The second kappa shape index (κ2) is 9.73. The number of hydrazine groups is 1. The molecule has 0 radical (unpaired) electrons. The molecule has 2 aromatic carbocycles. The fourth-order valence-corrected chi connectivity index (χ4v) is 2.06. The van der Waals surface area contributed by atoms with E-state index in [1.54, 1.807) is 43.5 Å². The van der Waals surface area contributed by atoms with Gasteiger partial charge in [-0.15, -0.1) is 0 Å². The molecule has 7 heteroatoms. The molecular weight excluding hydrogens is 336 g/mol. The number of hydrogen-bond acceptors (Lipinski definition) is 5. The van der Waals surface area contributed by atoms with Crippen molar-refractivity contribution in [3.05, 3.63) is 60.2 Å². The molecule has 26 heavy (non-hydrogen) atoms. The Morgan fingerprint density at radius 1 is 0.885 bits per heavy atom. The number of hydrogen-bond donors (Lipinski definition) is 2. The molecule has 0 spiro atoms. The van der Waals surface area contributed by atoms with Crippen molar-refractivity contribution in [1.82, 2.24) is 10.9 Å². The Morgan fingerprint density at radius 2 is 1.50 bits per heavy atom. The van der Waals surface area contributed by atoms with Crippen molar-refractivity contribution in [3.8, 4) is 17.2 Å². The lowest BCUT2D eigenvalue weighted by atomic mass is 10.2. The summed E-state index contributed by atoms with van der Waals surface area (Å²) in [4.78, 5) is 23.5. The monoisotopic (exact) mass is 356 g/mol. The lowest BCUT2D eigenvalue weighted by Crippen LogP contribution is -2.43. The van der Waals surface area contributed by atoms with E-state index in [-0.39, 0.29) is 6.61 Å². The Labute approximate surface area is 151 Å². The van der Waals surface area contributed by atoms with Crippen LogP contribution >= 0.6 is 0 Å². The molecule has 136 valence electrons. The van der Waals surface area contributed by atoms with Crippen LogP contribution in [-0.2, 0) is 9.59 Å². The molecule has 0 bridgehead atoms. The van der Waals surface area contributed by atoms with E-state index in [9.17, 15) is 9.59 Å². The number of nitrogens with one attached hydrogen (secondary N) is 2. The number of ether oxygens (including phenoxy) is 3. The molecule has 0 aromatic heterocycles. The zero-order valence-corrected chi connectivity index (χ0v) is 14.5. The van der Waals surface area contributed by atoms with Gasteiger partial charge in [0.2, 0.25) is 0 Å². The average molecular weight is 356 g/mol. The SMILES string of the molecule is COc1ccccc1/C=C/C(=O)NNC(=O)COc1ccccc1OC. The number of para-hydroxylation sites is 3. The first-order chi connectivity index (χ1) is 12.6. The number of carbonyl (C=O) groups excluding carboxylic acids is 2. The van der Waals surface area contributed by atoms with Gasteiger partial charge < -0.3 is 14.2 Å². The number of benzene rings is 2. The van der Waals surface area contributed by atoms with E-state index in [4.69, 9.17) is 14.2 Å². The van der Waals surface area contributed by atoms with Crippen molar-refractivity contribution in [2.45, 2.75) is 0 Å². The quantitative estimate of drug-likeness (QED) is 0.585. The van der Waals surface area contributed by atoms with E-state index in [2.05, 4.69) is 10.9 Å². The van der Waals surface area contributed by atoms with Crippen LogP contribution in [0.25, 0.3) is 6.08 Å². The molecule has 0 atom stereocenters. The van der Waals surface area contributed by atoms with Gasteiger partial charge in [-0.1, -0.05) is 30.3 Å². The molecule has 0 unspecified atom stereocenters. The molecule has 0 aliphatic carbocycles. The molecule has 2 N–H and O–H groups in total. The van der Waals surface area contributed by atoms with E-state index in [0.717, 1.165) is 5.56 Å². The molecule has 0 saturated heterocycles. The van der Waals surface area contributed by atoms with Crippen LogP contribution in [0.5, 0.6) is 17.2 Å². The van der Waals surface area contributed by atoms with Crippen LogP contribution in [0, 0.1) is 0 Å². The molecular formula is C19H20N2O5. The van der Waals surface area contributed by atoms with E-state index in [1.807, 2.05) is 18.2 Å². The molecule has 0 fully saturated rings. The maximum atomic E-state index is 11.8. The fraction of sp³-hybridized carbons (Fsp3) is 0.158. The molecule has 2 aromatic rings. The maximum Gasteiger partial charge on any atom is 0.276 e. The lowest BCUT2D eigenvalue weighted by Gasteiger charge is -2.10. The smallest absolute Gasteiger partial charge is 0.276 e. The van der Waals surface area contributed by atoms with Gasteiger partial charge >= 0.3 is 0 Å². The largest absolute Gasteiger partial charge is 0.496 e. The van der Waals surface area contributed by atoms with Gasteiger partial charge in [0.1, 0.15) is 5.75 Å². The Morgan fingerprint density at radius 3 is 2.19 bits per heavy atom. The van der Waals surface area contributed by atoms with E-state index in [0.29, 0.717) is 17.2 Å². The van der Waals surface area contributed by atoms with Crippen molar-refractivity contribution < 1.29 is 23.8 Å². The highest BCUT2D eigenvalue weighted by molar-refractivity contribution is 5.93. The Kier molecular flexibility index (Phi) is 7.05. The fourth-order valence-electron chi connectivity index (χ4n) is 2.06. The maximum absolute atomic E-state index is 11.8. The van der Waals surface area contributed by atoms with Crippen LogP contribution in [0.15, 0.2) is 54.6 Å². The number of rotatable bonds is 7. The zero-order valence-electron chi connectivity index (χ0n) is 14.5. The first kappa shape index (κ1) is 18.9. The van der Waals surface area contributed by atoms with Gasteiger partial charge in [-0.2, -0.15) is 0 Å². The lowest BCUT2D eigenvalue weighted by molar-refractivity contribution is -0.128.